The van der Waals surface area contributed by atoms with Crippen LogP contribution >= 0.6 is 0 Å². The third-order valence-corrected chi connectivity index (χ3v) is 6.95. The van der Waals surface area contributed by atoms with E-state index in [-0.39, 0.29) is 10.8 Å². The lowest BCUT2D eigenvalue weighted by molar-refractivity contribution is 0.0951. The van der Waals surface area contributed by atoms with Crippen LogP contribution in [-0.4, -0.2) is 41.9 Å². The number of aromatic nitrogens is 2. The molecule has 2 aromatic carbocycles. The molecule has 1 amide bonds. The van der Waals surface area contributed by atoms with Gasteiger partial charge in [-0.25, -0.2) is 8.42 Å². The highest BCUT2D eigenvalue weighted by Gasteiger charge is 2.27. The number of amides is 1. The molecule has 0 bridgehead atoms. The van der Waals surface area contributed by atoms with Gasteiger partial charge in [-0.15, -0.1) is 0 Å². The van der Waals surface area contributed by atoms with Gasteiger partial charge in [0, 0.05) is 31.4 Å². The number of aromatic amines is 1. The van der Waals surface area contributed by atoms with Crippen molar-refractivity contribution in [2.45, 2.75) is 24.3 Å². The number of hydrogen-bond acceptors (Lipinski definition) is 4. The van der Waals surface area contributed by atoms with Gasteiger partial charge in [0.25, 0.3) is 5.91 Å². The van der Waals surface area contributed by atoms with Crippen molar-refractivity contribution in [2.24, 2.45) is 0 Å². The maximum atomic E-state index is 12.6. The smallest absolute Gasteiger partial charge is 0.251 e. The van der Waals surface area contributed by atoms with Crippen LogP contribution in [0, 0.1) is 0 Å². The summed E-state index contributed by atoms with van der Waals surface area (Å²) in [6.07, 6.45) is 3.48. The SMILES string of the molecule is O=C(NCc1ccc(-c2ccn[nH]2)cc1)c1ccc(S(=O)(=O)N2CCCC2)cc1. The molecular formula is C21H22N4O3S. The van der Waals surface area contributed by atoms with Gasteiger partial charge in [0.2, 0.25) is 10.0 Å². The Morgan fingerprint density at radius 2 is 1.69 bits per heavy atom. The zero-order valence-electron chi connectivity index (χ0n) is 15.8. The van der Waals surface area contributed by atoms with E-state index in [4.69, 9.17) is 0 Å². The summed E-state index contributed by atoms with van der Waals surface area (Å²) >= 11 is 0. The summed E-state index contributed by atoms with van der Waals surface area (Å²) in [6.45, 7) is 1.50. The first-order valence-electron chi connectivity index (χ1n) is 9.51. The van der Waals surface area contributed by atoms with Crippen LogP contribution in [0.2, 0.25) is 0 Å². The molecule has 150 valence electrons. The molecule has 1 fully saturated rings. The van der Waals surface area contributed by atoms with Gasteiger partial charge in [0.1, 0.15) is 0 Å². The maximum Gasteiger partial charge on any atom is 0.251 e. The van der Waals surface area contributed by atoms with E-state index < -0.39 is 10.0 Å². The number of carbonyl (C=O) groups excluding carboxylic acids is 1. The molecule has 29 heavy (non-hydrogen) atoms. The molecule has 1 aliphatic rings. The van der Waals surface area contributed by atoms with E-state index in [0.717, 1.165) is 29.7 Å². The molecule has 0 saturated carbocycles. The summed E-state index contributed by atoms with van der Waals surface area (Å²) in [7, 11) is -3.46. The number of carbonyl (C=O) groups is 1. The minimum atomic E-state index is -3.46. The summed E-state index contributed by atoms with van der Waals surface area (Å²) in [4.78, 5) is 12.6. The molecule has 2 N–H and O–H groups in total. The highest BCUT2D eigenvalue weighted by molar-refractivity contribution is 7.89. The van der Waals surface area contributed by atoms with E-state index in [9.17, 15) is 13.2 Å². The molecule has 0 spiro atoms. The Bertz CT molecular complexity index is 1070. The van der Waals surface area contributed by atoms with Crippen molar-refractivity contribution < 1.29 is 13.2 Å². The molecule has 0 atom stereocenters. The van der Waals surface area contributed by atoms with Gasteiger partial charge < -0.3 is 5.32 Å². The third kappa shape index (κ3) is 4.23. The monoisotopic (exact) mass is 410 g/mol. The Kier molecular flexibility index (Phi) is 5.46. The van der Waals surface area contributed by atoms with Crippen molar-refractivity contribution >= 4 is 15.9 Å². The predicted molar refractivity (Wildman–Crippen MR) is 110 cm³/mol. The lowest BCUT2D eigenvalue weighted by atomic mass is 10.1. The average molecular weight is 410 g/mol. The number of rotatable bonds is 6. The van der Waals surface area contributed by atoms with Crippen molar-refractivity contribution in [1.29, 1.82) is 0 Å². The second-order valence-electron chi connectivity index (χ2n) is 6.99. The van der Waals surface area contributed by atoms with Crippen molar-refractivity contribution in [2.75, 3.05) is 13.1 Å². The van der Waals surface area contributed by atoms with Crippen molar-refractivity contribution in [3.05, 3.63) is 71.9 Å². The first kappa shape index (κ1) is 19.4. The van der Waals surface area contributed by atoms with E-state index in [1.165, 1.54) is 16.4 Å². The van der Waals surface area contributed by atoms with E-state index in [0.29, 0.717) is 25.2 Å². The topological polar surface area (TPSA) is 95.2 Å². The van der Waals surface area contributed by atoms with Gasteiger partial charge in [-0.2, -0.15) is 9.40 Å². The van der Waals surface area contributed by atoms with Crippen LogP contribution < -0.4 is 5.32 Å². The fourth-order valence-electron chi connectivity index (χ4n) is 3.36. The molecular weight excluding hydrogens is 388 g/mol. The summed E-state index contributed by atoms with van der Waals surface area (Å²) in [5.41, 5.74) is 3.35. The number of hydrogen-bond donors (Lipinski definition) is 2. The Morgan fingerprint density at radius 1 is 1.00 bits per heavy atom. The second-order valence-corrected chi connectivity index (χ2v) is 8.92. The Morgan fingerprint density at radius 3 is 2.31 bits per heavy atom. The Labute approximate surface area is 169 Å². The van der Waals surface area contributed by atoms with E-state index in [2.05, 4.69) is 15.5 Å². The minimum absolute atomic E-state index is 0.227. The molecule has 7 nitrogen and oxygen atoms in total. The zero-order valence-corrected chi connectivity index (χ0v) is 16.7. The molecule has 1 saturated heterocycles. The third-order valence-electron chi connectivity index (χ3n) is 5.04. The van der Waals surface area contributed by atoms with Crippen LogP contribution in [0.25, 0.3) is 11.3 Å². The fraction of sp³-hybridized carbons (Fsp3) is 0.238. The maximum absolute atomic E-state index is 12.6. The van der Waals surface area contributed by atoms with Gasteiger partial charge in [0.05, 0.1) is 10.6 Å². The van der Waals surface area contributed by atoms with Crippen LogP contribution in [0.5, 0.6) is 0 Å². The molecule has 1 aromatic heterocycles. The van der Waals surface area contributed by atoms with Gasteiger partial charge in [-0.3, -0.25) is 9.89 Å². The van der Waals surface area contributed by atoms with Crippen LogP contribution in [0.1, 0.15) is 28.8 Å². The molecule has 0 radical (unpaired) electrons. The molecule has 3 aromatic rings. The second kappa shape index (κ2) is 8.18. The van der Waals surface area contributed by atoms with Gasteiger partial charge in [-0.05, 0) is 54.3 Å². The largest absolute Gasteiger partial charge is 0.348 e. The minimum Gasteiger partial charge on any atom is -0.348 e. The normalized spacial score (nSPS) is 14.8. The standard InChI is InChI=1S/C21H22N4O3S/c26-21(22-15-16-3-5-17(6-4-16)20-11-12-23-24-20)18-7-9-19(10-8-18)29(27,28)25-13-1-2-14-25/h3-12H,1-2,13-15H2,(H,22,26)(H,23,24). The Balaban J connectivity index is 1.37. The first-order valence-corrected chi connectivity index (χ1v) is 11.0. The predicted octanol–water partition coefficient (Wildman–Crippen LogP) is 2.79. The molecule has 8 heteroatoms. The number of benzene rings is 2. The lowest BCUT2D eigenvalue weighted by Crippen LogP contribution is -2.28. The van der Waals surface area contributed by atoms with Crippen molar-refractivity contribution in [3.63, 3.8) is 0 Å². The van der Waals surface area contributed by atoms with Gasteiger partial charge >= 0.3 is 0 Å². The van der Waals surface area contributed by atoms with Crippen LogP contribution in [0.3, 0.4) is 0 Å². The Hall–Kier alpha value is -2.97. The first-order chi connectivity index (χ1) is 14.0. The quantitative estimate of drug-likeness (QED) is 0.653. The van der Waals surface area contributed by atoms with Crippen molar-refractivity contribution in [3.8, 4) is 11.3 Å². The summed E-state index contributed by atoms with van der Waals surface area (Å²) < 4.78 is 26.6. The summed E-state index contributed by atoms with van der Waals surface area (Å²) in [5.74, 6) is -0.243. The van der Waals surface area contributed by atoms with Crippen LogP contribution in [-0.2, 0) is 16.6 Å². The molecule has 2 heterocycles. The fourth-order valence-corrected chi connectivity index (χ4v) is 4.88. The molecule has 4 rings (SSSR count). The van der Waals surface area contributed by atoms with E-state index in [1.54, 1.807) is 18.3 Å². The highest BCUT2D eigenvalue weighted by atomic mass is 32.2. The lowest BCUT2D eigenvalue weighted by Gasteiger charge is -2.15. The zero-order chi connectivity index (χ0) is 20.3. The van der Waals surface area contributed by atoms with E-state index >= 15 is 0 Å². The van der Waals surface area contributed by atoms with Gasteiger partial charge in [-0.1, -0.05) is 24.3 Å². The highest BCUT2D eigenvalue weighted by Crippen LogP contribution is 2.21. The number of sulfonamides is 1. The number of H-pyrrole nitrogens is 1. The number of nitrogens with zero attached hydrogens (tertiary/aromatic N) is 2. The molecule has 1 aliphatic heterocycles. The summed E-state index contributed by atoms with van der Waals surface area (Å²) in [6, 6.07) is 15.8. The van der Waals surface area contributed by atoms with Crippen molar-refractivity contribution in [1.82, 2.24) is 19.8 Å². The van der Waals surface area contributed by atoms with Crippen LogP contribution in [0.15, 0.2) is 65.7 Å². The van der Waals surface area contributed by atoms with E-state index in [1.807, 2.05) is 30.3 Å². The summed E-state index contributed by atoms with van der Waals surface area (Å²) in [5, 5.41) is 9.71. The average Bonchev–Trinajstić information content (AvgIpc) is 3.47. The van der Waals surface area contributed by atoms with Crippen LogP contribution in [0.4, 0.5) is 0 Å². The molecule has 0 aliphatic carbocycles. The number of nitrogens with one attached hydrogen (secondary N) is 2. The van der Waals surface area contributed by atoms with Gasteiger partial charge in [0.15, 0.2) is 0 Å². The molecule has 0 unspecified atom stereocenters.